The van der Waals surface area contributed by atoms with Crippen molar-refractivity contribution in [3.05, 3.63) is 0 Å². The van der Waals surface area contributed by atoms with Crippen molar-refractivity contribution in [3.63, 3.8) is 0 Å². The molecule has 0 radical (unpaired) electrons. The van der Waals surface area contributed by atoms with Gasteiger partial charge < -0.3 is 5.73 Å². The lowest BCUT2D eigenvalue weighted by molar-refractivity contribution is 0.719. The summed E-state index contributed by atoms with van der Waals surface area (Å²) in [5, 5.41) is 0.753. The predicted octanol–water partition coefficient (Wildman–Crippen LogP) is 0.827. The van der Waals surface area contributed by atoms with Crippen molar-refractivity contribution in [3.8, 4) is 0 Å². The molecular weight excluding hydrogens is 120 g/mol. The summed E-state index contributed by atoms with van der Waals surface area (Å²) in [6.07, 6.45) is 1.17. The zero-order chi connectivity index (χ0) is 5.98. The Balaban J connectivity index is 2.50. The van der Waals surface area contributed by atoms with Gasteiger partial charge in [-0.3, -0.25) is 4.99 Å². The molecule has 0 spiro atoms. The number of hydrogen-bond donors (Lipinski definition) is 1. The van der Waals surface area contributed by atoms with Gasteiger partial charge in [0.2, 0.25) is 0 Å². The highest BCUT2D eigenvalue weighted by molar-refractivity contribution is 8.13. The molecule has 0 amide bonds. The molecular formula is C5H10N2S. The largest absolute Gasteiger partial charge is 0.379 e. The number of aliphatic imine (C=N–C) groups is 1. The maximum absolute atomic E-state index is 5.44. The van der Waals surface area contributed by atoms with Crippen LogP contribution < -0.4 is 5.73 Å². The van der Waals surface area contributed by atoms with Gasteiger partial charge in [0.1, 0.15) is 0 Å². The molecule has 0 aromatic rings. The quantitative estimate of drug-likeness (QED) is 0.527. The van der Waals surface area contributed by atoms with Crippen LogP contribution in [0.25, 0.3) is 0 Å². The molecule has 2 N–H and O–H groups in total. The monoisotopic (exact) mass is 130 g/mol. The number of hydrogen-bond acceptors (Lipinski definition) is 3. The second kappa shape index (κ2) is 2.40. The number of rotatable bonds is 0. The molecule has 0 unspecified atom stereocenters. The lowest BCUT2D eigenvalue weighted by Crippen LogP contribution is -2.17. The zero-order valence-electron chi connectivity index (χ0n) is 4.92. The Morgan fingerprint density at radius 3 is 3.00 bits per heavy atom. The molecule has 1 heterocycles. The molecule has 0 fully saturated rings. The Morgan fingerprint density at radius 1 is 1.88 bits per heavy atom. The van der Waals surface area contributed by atoms with E-state index in [1.54, 1.807) is 11.8 Å². The van der Waals surface area contributed by atoms with Crippen LogP contribution in [0.2, 0.25) is 0 Å². The fraction of sp³-hybridized carbons (Fsp3) is 0.800. The van der Waals surface area contributed by atoms with Crippen LogP contribution in [0.5, 0.6) is 0 Å². The van der Waals surface area contributed by atoms with Gasteiger partial charge >= 0.3 is 0 Å². The molecule has 0 aromatic heterocycles. The van der Waals surface area contributed by atoms with Crippen molar-refractivity contribution in [1.82, 2.24) is 0 Å². The minimum absolute atomic E-state index is 0.455. The smallest absolute Gasteiger partial charge is 0.154 e. The molecule has 46 valence electrons. The van der Waals surface area contributed by atoms with Crippen molar-refractivity contribution in [2.75, 3.05) is 5.75 Å². The van der Waals surface area contributed by atoms with Crippen LogP contribution in [-0.2, 0) is 0 Å². The van der Waals surface area contributed by atoms with E-state index in [4.69, 9.17) is 5.73 Å². The maximum atomic E-state index is 5.44. The first-order valence-electron chi connectivity index (χ1n) is 2.75. The summed E-state index contributed by atoms with van der Waals surface area (Å²) < 4.78 is 0. The summed E-state index contributed by atoms with van der Waals surface area (Å²) >= 11 is 1.65. The second-order valence-corrected chi connectivity index (χ2v) is 3.07. The van der Waals surface area contributed by atoms with E-state index in [0.29, 0.717) is 6.04 Å². The molecule has 0 bridgehead atoms. The number of nitrogens with zero attached hydrogens (tertiary/aromatic N) is 1. The van der Waals surface area contributed by atoms with Crippen LogP contribution in [0, 0.1) is 0 Å². The van der Waals surface area contributed by atoms with E-state index in [2.05, 4.69) is 11.9 Å². The standard InChI is InChI=1S/C5H10N2S/c1-4-2-3-8-5(6)7-4/h4H,2-3H2,1H3,(H2,6,7)/t4-/m0/s1. The SMILES string of the molecule is C[C@H]1CCSC(N)=N1. The average Bonchev–Trinajstić information content (AvgIpc) is 1.64. The van der Waals surface area contributed by atoms with Crippen LogP contribution in [-0.4, -0.2) is 17.0 Å². The fourth-order valence-corrected chi connectivity index (χ4v) is 1.58. The highest BCUT2D eigenvalue weighted by Gasteiger charge is 2.06. The van der Waals surface area contributed by atoms with Gasteiger partial charge in [0, 0.05) is 5.75 Å². The molecule has 2 nitrogen and oxygen atoms in total. The third-order valence-corrected chi connectivity index (χ3v) is 1.97. The van der Waals surface area contributed by atoms with Gasteiger partial charge in [-0.2, -0.15) is 0 Å². The predicted molar refractivity (Wildman–Crippen MR) is 38.2 cm³/mol. The van der Waals surface area contributed by atoms with Gasteiger partial charge in [0.25, 0.3) is 0 Å². The van der Waals surface area contributed by atoms with Gasteiger partial charge in [-0.25, -0.2) is 0 Å². The van der Waals surface area contributed by atoms with Crippen LogP contribution in [0.4, 0.5) is 0 Å². The number of amidine groups is 1. The summed E-state index contributed by atoms with van der Waals surface area (Å²) in [7, 11) is 0. The molecule has 1 aliphatic rings. The van der Waals surface area contributed by atoms with Gasteiger partial charge in [0.05, 0.1) is 6.04 Å². The Hall–Kier alpha value is -0.180. The van der Waals surface area contributed by atoms with Crippen LogP contribution in [0.1, 0.15) is 13.3 Å². The van der Waals surface area contributed by atoms with Crippen molar-refractivity contribution in [2.24, 2.45) is 10.7 Å². The average molecular weight is 130 g/mol. The summed E-state index contributed by atoms with van der Waals surface area (Å²) in [6, 6.07) is 0.455. The van der Waals surface area contributed by atoms with Crippen LogP contribution in [0.15, 0.2) is 4.99 Å². The zero-order valence-corrected chi connectivity index (χ0v) is 5.74. The van der Waals surface area contributed by atoms with Crippen molar-refractivity contribution in [1.29, 1.82) is 0 Å². The Labute approximate surface area is 53.6 Å². The molecule has 1 atom stereocenters. The molecule has 0 aliphatic carbocycles. The third-order valence-electron chi connectivity index (χ3n) is 1.13. The van der Waals surface area contributed by atoms with Crippen LogP contribution >= 0.6 is 11.8 Å². The Bertz CT molecular complexity index is 111. The summed E-state index contributed by atoms with van der Waals surface area (Å²) in [5.74, 6) is 1.14. The molecule has 8 heavy (non-hydrogen) atoms. The van der Waals surface area contributed by atoms with Crippen molar-refractivity contribution >= 4 is 16.9 Å². The Kier molecular flexibility index (Phi) is 1.78. The van der Waals surface area contributed by atoms with Gasteiger partial charge in [-0.15, -0.1) is 0 Å². The molecule has 0 saturated heterocycles. The first-order valence-corrected chi connectivity index (χ1v) is 3.73. The molecule has 0 aromatic carbocycles. The van der Waals surface area contributed by atoms with E-state index < -0.39 is 0 Å². The summed E-state index contributed by atoms with van der Waals surface area (Å²) in [5.41, 5.74) is 5.44. The number of thioether (sulfide) groups is 1. The van der Waals surface area contributed by atoms with E-state index in [-0.39, 0.29) is 0 Å². The fourth-order valence-electron chi connectivity index (χ4n) is 0.653. The highest BCUT2D eigenvalue weighted by atomic mass is 32.2. The topological polar surface area (TPSA) is 38.4 Å². The third kappa shape index (κ3) is 1.40. The minimum atomic E-state index is 0.455. The second-order valence-electron chi connectivity index (χ2n) is 1.95. The normalized spacial score (nSPS) is 29.6. The minimum Gasteiger partial charge on any atom is -0.379 e. The molecule has 1 rings (SSSR count). The summed E-state index contributed by atoms with van der Waals surface area (Å²) in [6.45, 7) is 2.09. The lowest BCUT2D eigenvalue weighted by Gasteiger charge is -2.12. The molecule has 1 aliphatic heterocycles. The van der Waals surface area contributed by atoms with E-state index in [1.807, 2.05) is 0 Å². The van der Waals surface area contributed by atoms with E-state index in [1.165, 1.54) is 6.42 Å². The molecule has 0 saturated carbocycles. The van der Waals surface area contributed by atoms with E-state index >= 15 is 0 Å². The van der Waals surface area contributed by atoms with Crippen LogP contribution in [0.3, 0.4) is 0 Å². The number of nitrogens with two attached hydrogens (primary N) is 1. The Morgan fingerprint density at radius 2 is 2.62 bits per heavy atom. The summed E-state index contributed by atoms with van der Waals surface area (Å²) in [4.78, 5) is 4.14. The van der Waals surface area contributed by atoms with Gasteiger partial charge in [-0.05, 0) is 13.3 Å². The van der Waals surface area contributed by atoms with Crippen molar-refractivity contribution in [2.45, 2.75) is 19.4 Å². The van der Waals surface area contributed by atoms with Gasteiger partial charge in [-0.1, -0.05) is 11.8 Å². The molecule has 3 heteroatoms. The first kappa shape index (κ1) is 5.95. The first-order chi connectivity index (χ1) is 3.79. The highest BCUT2D eigenvalue weighted by Crippen LogP contribution is 2.13. The lowest BCUT2D eigenvalue weighted by atomic mass is 10.3. The van der Waals surface area contributed by atoms with E-state index in [9.17, 15) is 0 Å². The van der Waals surface area contributed by atoms with Crippen molar-refractivity contribution < 1.29 is 0 Å². The van der Waals surface area contributed by atoms with Gasteiger partial charge in [0.15, 0.2) is 5.17 Å². The maximum Gasteiger partial charge on any atom is 0.154 e. The van der Waals surface area contributed by atoms with E-state index in [0.717, 1.165) is 10.9 Å².